The highest BCUT2D eigenvalue weighted by molar-refractivity contribution is 6.32. The van der Waals surface area contributed by atoms with Crippen LogP contribution in [0.5, 0.6) is 0 Å². The summed E-state index contributed by atoms with van der Waals surface area (Å²) in [6.07, 6.45) is 1.96. The molecule has 2 heterocycles. The second-order valence-electron chi connectivity index (χ2n) is 5.51. The fourth-order valence-corrected chi connectivity index (χ4v) is 2.70. The van der Waals surface area contributed by atoms with Gasteiger partial charge in [-0.05, 0) is 31.7 Å². The summed E-state index contributed by atoms with van der Waals surface area (Å²) in [6, 6.07) is 7.84. The quantitative estimate of drug-likeness (QED) is 0.943. The van der Waals surface area contributed by atoms with Gasteiger partial charge in [0.05, 0.1) is 6.04 Å². The number of benzene rings is 1. The number of nitrogens with zero attached hydrogens (tertiary/aromatic N) is 3. The van der Waals surface area contributed by atoms with Gasteiger partial charge < -0.3 is 9.84 Å². The Morgan fingerprint density at radius 1 is 1.45 bits per heavy atom. The van der Waals surface area contributed by atoms with Crippen LogP contribution < -0.4 is 5.32 Å². The maximum absolute atomic E-state index is 6.18. The molecule has 1 atom stereocenters. The second kappa shape index (κ2) is 6.60. The first kappa shape index (κ1) is 15.2. The van der Waals surface area contributed by atoms with Crippen LogP contribution >= 0.6 is 11.6 Å². The predicted octanol–water partition coefficient (Wildman–Crippen LogP) is 2.86. The summed E-state index contributed by atoms with van der Waals surface area (Å²) in [7, 11) is 2.08. The highest BCUT2D eigenvalue weighted by Gasteiger charge is 2.25. The molecule has 1 fully saturated rings. The lowest BCUT2D eigenvalue weighted by Crippen LogP contribution is -2.44. The zero-order valence-electron chi connectivity index (χ0n) is 12.7. The molecule has 116 valence electrons. The molecular weight excluding hydrogens is 300 g/mol. The molecule has 1 aromatic carbocycles. The maximum atomic E-state index is 6.18. The first-order valence-electron chi connectivity index (χ1n) is 7.33. The van der Waals surface area contributed by atoms with E-state index < -0.39 is 0 Å². The SMILES string of the molecule is C/C(=C\c1ccccc1Cl)c1nc(C2CNCCN2C)no1. The molecule has 0 radical (unpaired) electrons. The summed E-state index contributed by atoms with van der Waals surface area (Å²) < 4.78 is 5.41. The highest BCUT2D eigenvalue weighted by atomic mass is 35.5. The Kier molecular flexibility index (Phi) is 4.57. The third-order valence-corrected chi connectivity index (χ3v) is 4.21. The van der Waals surface area contributed by atoms with Crippen LogP contribution in [0.2, 0.25) is 5.02 Å². The van der Waals surface area contributed by atoms with E-state index >= 15 is 0 Å². The summed E-state index contributed by atoms with van der Waals surface area (Å²) in [4.78, 5) is 6.77. The van der Waals surface area contributed by atoms with E-state index in [0.717, 1.165) is 36.6 Å². The number of allylic oxidation sites excluding steroid dienone is 1. The Bertz CT molecular complexity index is 682. The van der Waals surface area contributed by atoms with Crippen molar-refractivity contribution in [3.8, 4) is 0 Å². The summed E-state index contributed by atoms with van der Waals surface area (Å²) in [6.45, 7) is 4.75. The van der Waals surface area contributed by atoms with Crippen LogP contribution in [0.15, 0.2) is 28.8 Å². The van der Waals surface area contributed by atoms with E-state index in [4.69, 9.17) is 16.1 Å². The molecule has 1 N–H and O–H groups in total. The number of hydrogen-bond acceptors (Lipinski definition) is 5. The van der Waals surface area contributed by atoms with Gasteiger partial charge in [0.25, 0.3) is 5.89 Å². The number of nitrogens with one attached hydrogen (secondary N) is 1. The molecule has 1 aromatic heterocycles. The molecule has 1 aliphatic rings. The molecule has 2 aromatic rings. The van der Waals surface area contributed by atoms with Gasteiger partial charge in [-0.15, -0.1) is 0 Å². The molecule has 1 aliphatic heterocycles. The van der Waals surface area contributed by atoms with Gasteiger partial charge in [-0.2, -0.15) is 4.98 Å². The molecule has 22 heavy (non-hydrogen) atoms. The Morgan fingerprint density at radius 2 is 2.27 bits per heavy atom. The van der Waals surface area contributed by atoms with Crippen LogP contribution in [0.1, 0.15) is 30.2 Å². The van der Waals surface area contributed by atoms with Crippen molar-refractivity contribution in [2.45, 2.75) is 13.0 Å². The number of piperazine rings is 1. The van der Waals surface area contributed by atoms with Crippen molar-refractivity contribution in [2.24, 2.45) is 0 Å². The first-order chi connectivity index (χ1) is 10.6. The van der Waals surface area contributed by atoms with Gasteiger partial charge >= 0.3 is 0 Å². The largest absolute Gasteiger partial charge is 0.334 e. The molecule has 3 rings (SSSR count). The van der Waals surface area contributed by atoms with Crippen LogP contribution in [0.4, 0.5) is 0 Å². The van der Waals surface area contributed by atoms with Crippen molar-refractivity contribution in [2.75, 3.05) is 26.7 Å². The number of likely N-dealkylation sites (N-methyl/N-ethyl adjacent to an activating group) is 1. The van der Waals surface area contributed by atoms with E-state index in [-0.39, 0.29) is 6.04 Å². The Morgan fingerprint density at radius 3 is 3.05 bits per heavy atom. The Balaban J connectivity index is 1.82. The molecule has 0 spiro atoms. The van der Waals surface area contributed by atoms with Gasteiger partial charge in [-0.25, -0.2) is 0 Å². The van der Waals surface area contributed by atoms with Gasteiger partial charge in [-0.3, -0.25) is 4.90 Å². The molecule has 0 aliphatic carbocycles. The fourth-order valence-electron chi connectivity index (χ4n) is 2.51. The van der Waals surface area contributed by atoms with E-state index in [0.29, 0.717) is 10.9 Å². The number of halogens is 1. The molecule has 1 unspecified atom stereocenters. The van der Waals surface area contributed by atoms with Gasteiger partial charge in [0, 0.05) is 30.2 Å². The lowest BCUT2D eigenvalue weighted by molar-refractivity contribution is 0.190. The van der Waals surface area contributed by atoms with Gasteiger partial charge in [0.2, 0.25) is 0 Å². The van der Waals surface area contributed by atoms with Crippen molar-refractivity contribution in [3.05, 3.63) is 46.6 Å². The molecule has 6 heteroatoms. The number of rotatable bonds is 3. The summed E-state index contributed by atoms with van der Waals surface area (Å²) in [5.74, 6) is 1.26. The molecule has 0 bridgehead atoms. The minimum Gasteiger partial charge on any atom is -0.334 e. The maximum Gasteiger partial charge on any atom is 0.253 e. The molecule has 0 amide bonds. The number of hydrogen-bond donors (Lipinski definition) is 1. The Labute approximate surface area is 135 Å². The predicted molar refractivity (Wildman–Crippen MR) is 87.5 cm³/mol. The zero-order chi connectivity index (χ0) is 15.5. The van der Waals surface area contributed by atoms with Crippen LogP contribution in [-0.2, 0) is 0 Å². The monoisotopic (exact) mass is 318 g/mol. The van der Waals surface area contributed by atoms with E-state index in [1.807, 2.05) is 37.3 Å². The second-order valence-corrected chi connectivity index (χ2v) is 5.91. The Hall–Kier alpha value is -1.69. The molecule has 1 saturated heterocycles. The summed E-state index contributed by atoms with van der Waals surface area (Å²) in [5.41, 5.74) is 1.84. The minimum absolute atomic E-state index is 0.152. The molecule has 0 saturated carbocycles. The standard InChI is InChI=1S/C16H19ClN4O/c1-11(9-12-5-3-4-6-13(12)17)16-19-15(20-22-16)14-10-18-7-8-21(14)2/h3-6,9,14,18H,7-8,10H2,1-2H3/b11-9+. The number of aromatic nitrogens is 2. The van der Waals surface area contributed by atoms with Crippen molar-refractivity contribution < 1.29 is 4.52 Å². The van der Waals surface area contributed by atoms with Crippen molar-refractivity contribution >= 4 is 23.3 Å². The van der Waals surface area contributed by atoms with Crippen LogP contribution in [0.25, 0.3) is 11.6 Å². The van der Waals surface area contributed by atoms with Crippen molar-refractivity contribution in [1.82, 2.24) is 20.4 Å². The van der Waals surface area contributed by atoms with Gasteiger partial charge in [0.15, 0.2) is 5.82 Å². The van der Waals surface area contributed by atoms with E-state index in [2.05, 4.69) is 27.4 Å². The first-order valence-corrected chi connectivity index (χ1v) is 7.70. The van der Waals surface area contributed by atoms with Crippen LogP contribution in [-0.4, -0.2) is 41.7 Å². The van der Waals surface area contributed by atoms with E-state index in [1.165, 1.54) is 0 Å². The van der Waals surface area contributed by atoms with E-state index in [9.17, 15) is 0 Å². The third-order valence-electron chi connectivity index (χ3n) is 3.87. The minimum atomic E-state index is 0.152. The van der Waals surface area contributed by atoms with Crippen LogP contribution in [0, 0.1) is 0 Å². The average Bonchev–Trinajstić information content (AvgIpc) is 3.00. The molecular formula is C16H19ClN4O. The van der Waals surface area contributed by atoms with Crippen LogP contribution in [0.3, 0.4) is 0 Å². The third kappa shape index (κ3) is 3.21. The smallest absolute Gasteiger partial charge is 0.253 e. The molecule has 5 nitrogen and oxygen atoms in total. The normalized spacial score (nSPS) is 20.3. The van der Waals surface area contributed by atoms with E-state index in [1.54, 1.807) is 0 Å². The topological polar surface area (TPSA) is 54.2 Å². The van der Waals surface area contributed by atoms with Crippen molar-refractivity contribution in [1.29, 1.82) is 0 Å². The lowest BCUT2D eigenvalue weighted by atomic mass is 10.1. The zero-order valence-corrected chi connectivity index (χ0v) is 13.5. The fraction of sp³-hybridized carbons (Fsp3) is 0.375. The van der Waals surface area contributed by atoms with Crippen molar-refractivity contribution in [3.63, 3.8) is 0 Å². The highest BCUT2D eigenvalue weighted by Crippen LogP contribution is 2.24. The lowest BCUT2D eigenvalue weighted by Gasteiger charge is -2.30. The van der Waals surface area contributed by atoms with Gasteiger partial charge in [0.1, 0.15) is 0 Å². The summed E-state index contributed by atoms with van der Waals surface area (Å²) >= 11 is 6.18. The average molecular weight is 319 g/mol. The van der Waals surface area contributed by atoms with Gasteiger partial charge in [-0.1, -0.05) is 35.0 Å². The summed E-state index contributed by atoms with van der Waals surface area (Å²) in [5, 5.41) is 8.19.